The van der Waals surface area contributed by atoms with E-state index in [4.69, 9.17) is 0 Å². The van der Waals surface area contributed by atoms with Crippen molar-refractivity contribution < 1.29 is 0 Å². The molecule has 1 heterocycles. The second-order valence-electron chi connectivity index (χ2n) is 5.56. The fourth-order valence-corrected chi connectivity index (χ4v) is 1.91. The van der Waals surface area contributed by atoms with E-state index in [-0.39, 0.29) is 5.54 Å². The highest BCUT2D eigenvalue weighted by Gasteiger charge is 2.14. The van der Waals surface area contributed by atoms with Crippen LogP contribution in [0, 0.1) is 0 Å². The van der Waals surface area contributed by atoms with Crippen LogP contribution in [0.25, 0.3) is 0 Å². The molecule has 0 radical (unpaired) electrons. The molecule has 2 aromatic rings. The first kappa shape index (κ1) is 14.2. The van der Waals surface area contributed by atoms with Gasteiger partial charge in [0.2, 0.25) is 0 Å². The summed E-state index contributed by atoms with van der Waals surface area (Å²) in [5, 5.41) is 11.7. The van der Waals surface area contributed by atoms with Crippen molar-refractivity contribution in [1.29, 1.82) is 0 Å². The lowest BCUT2D eigenvalue weighted by Crippen LogP contribution is -2.22. The van der Waals surface area contributed by atoms with Gasteiger partial charge < -0.3 is 5.32 Å². The molecule has 0 aliphatic carbocycles. The first-order valence-corrected chi connectivity index (χ1v) is 7.11. The van der Waals surface area contributed by atoms with E-state index >= 15 is 0 Å². The van der Waals surface area contributed by atoms with E-state index in [2.05, 4.69) is 64.5 Å². The molecule has 1 aromatic heterocycles. The molecule has 0 unspecified atom stereocenters. The smallest absolute Gasteiger partial charge is 0.0965 e. The summed E-state index contributed by atoms with van der Waals surface area (Å²) >= 11 is 3.43. The molecule has 0 fully saturated rings. The number of aromatic nitrogens is 3. The van der Waals surface area contributed by atoms with Crippen molar-refractivity contribution in [2.24, 2.45) is 0 Å². The summed E-state index contributed by atoms with van der Waals surface area (Å²) in [5.41, 5.74) is 2.20. The van der Waals surface area contributed by atoms with E-state index in [0.29, 0.717) is 0 Å². The van der Waals surface area contributed by atoms with Crippen LogP contribution in [0.15, 0.2) is 34.9 Å². The Bertz CT molecular complexity index is 525. The zero-order valence-electron chi connectivity index (χ0n) is 11.5. The molecule has 19 heavy (non-hydrogen) atoms. The van der Waals surface area contributed by atoms with Crippen molar-refractivity contribution in [3.63, 3.8) is 0 Å². The average molecular weight is 323 g/mol. The van der Waals surface area contributed by atoms with Gasteiger partial charge in [-0.25, -0.2) is 4.68 Å². The van der Waals surface area contributed by atoms with Crippen LogP contribution in [-0.4, -0.2) is 15.0 Å². The molecule has 0 bridgehead atoms. The monoisotopic (exact) mass is 322 g/mol. The predicted octanol–water partition coefficient (Wildman–Crippen LogP) is 3.09. The second-order valence-corrected chi connectivity index (χ2v) is 6.47. The van der Waals surface area contributed by atoms with Gasteiger partial charge in [0.15, 0.2) is 0 Å². The van der Waals surface area contributed by atoms with Gasteiger partial charge in [-0.3, -0.25) is 0 Å². The Morgan fingerprint density at radius 1 is 1.16 bits per heavy atom. The van der Waals surface area contributed by atoms with Crippen LogP contribution >= 0.6 is 15.9 Å². The van der Waals surface area contributed by atoms with E-state index in [1.165, 1.54) is 5.56 Å². The number of hydrogen-bond donors (Lipinski definition) is 1. The van der Waals surface area contributed by atoms with Gasteiger partial charge in [-0.1, -0.05) is 33.3 Å². The van der Waals surface area contributed by atoms with E-state index < -0.39 is 0 Å². The van der Waals surface area contributed by atoms with Crippen LogP contribution in [0.4, 0.5) is 0 Å². The maximum absolute atomic E-state index is 4.17. The summed E-state index contributed by atoms with van der Waals surface area (Å²) in [6.45, 7) is 7.89. The average Bonchev–Trinajstić information content (AvgIpc) is 2.80. The van der Waals surface area contributed by atoms with E-state index in [1.807, 2.05) is 23.0 Å². The number of rotatable bonds is 4. The predicted molar refractivity (Wildman–Crippen MR) is 79.7 cm³/mol. The second kappa shape index (κ2) is 5.84. The molecule has 102 valence electrons. The zero-order valence-corrected chi connectivity index (χ0v) is 13.1. The molecule has 0 saturated carbocycles. The quantitative estimate of drug-likeness (QED) is 0.940. The van der Waals surface area contributed by atoms with Gasteiger partial charge in [-0.05, 0) is 38.5 Å². The molecular weight excluding hydrogens is 304 g/mol. The highest BCUT2D eigenvalue weighted by Crippen LogP contribution is 2.12. The zero-order chi connectivity index (χ0) is 13.9. The lowest BCUT2D eigenvalue weighted by molar-refractivity contribution is 0.347. The Morgan fingerprint density at radius 2 is 1.84 bits per heavy atom. The topological polar surface area (TPSA) is 42.7 Å². The molecule has 2 rings (SSSR count). The van der Waals surface area contributed by atoms with Gasteiger partial charge in [-0.15, -0.1) is 5.10 Å². The molecule has 1 aromatic carbocycles. The van der Waals surface area contributed by atoms with Crippen molar-refractivity contribution in [1.82, 2.24) is 20.3 Å². The third kappa shape index (κ3) is 4.14. The summed E-state index contributed by atoms with van der Waals surface area (Å²) in [7, 11) is 0. The highest BCUT2D eigenvalue weighted by molar-refractivity contribution is 9.10. The lowest BCUT2D eigenvalue weighted by atomic mass is 10.1. The van der Waals surface area contributed by atoms with Crippen LogP contribution in [0.2, 0.25) is 0 Å². The summed E-state index contributed by atoms with van der Waals surface area (Å²) in [6.07, 6.45) is 1.99. The van der Waals surface area contributed by atoms with Crippen LogP contribution < -0.4 is 5.32 Å². The molecule has 4 nitrogen and oxygen atoms in total. The molecule has 1 N–H and O–H groups in total. The maximum Gasteiger partial charge on any atom is 0.0965 e. The minimum absolute atomic E-state index is 0.0169. The lowest BCUT2D eigenvalue weighted by Gasteiger charge is -2.17. The Morgan fingerprint density at radius 3 is 2.42 bits per heavy atom. The molecule has 0 spiro atoms. The molecular formula is C14H19BrN4. The molecule has 0 aliphatic rings. The Labute approximate surface area is 122 Å². The Hall–Kier alpha value is -1.20. The van der Waals surface area contributed by atoms with Crippen molar-refractivity contribution >= 4 is 15.9 Å². The molecule has 0 amide bonds. The highest BCUT2D eigenvalue weighted by atomic mass is 79.9. The molecule has 5 heteroatoms. The van der Waals surface area contributed by atoms with Crippen molar-refractivity contribution in [3.8, 4) is 0 Å². The van der Waals surface area contributed by atoms with Crippen molar-refractivity contribution in [3.05, 3.63) is 46.2 Å². The summed E-state index contributed by atoms with van der Waals surface area (Å²) in [5.74, 6) is 0. The van der Waals surface area contributed by atoms with Gasteiger partial charge >= 0.3 is 0 Å². The van der Waals surface area contributed by atoms with Gasteiger partial charge in [0, 0.05) is 17.6 Å². The van der Waals surface area contributed by atoms with Crippen LogP contribution in [0.1, 0.15) is 32.0 Å². The molecule has 0 aliphatic heterocycles. The summed E-state index contributed by atoms with van der Waals surface area (Å²) in [4.78, 5) is 0. The largest absolute Gasteiger partial charge is 0.307 e. The fourth-order valence-electron chi connectivity index (χ4n) is 1.64. The maximum atomic E-state index is 4.17. The van der Waals surface area contributed by atoms with Crippen LogP contribution in [0.3, 0.4) is 0 Å². The first-order valence-electron chi connectivity index (χ1n) is 6.32. The summed E-state index contributed by atoms with van der Waals surface area (Å²) in [6, 6.07) is 8.30. The Kier molecular flexibility index (Phi) is 4.37. The van der Waals surface area contributed by atoms with E-state index in [0.717, 1.165) is 23.3 Å². The third-order valence-electron chi connectivity index (χ3n) is 2.78. The van der Waals surface area contributed by atoms with E-state index in [9.17, 15) is 0 Å². The minimum atomic E-state index is -0.0169. The van der Waals surface area contributed by atoms with Gasteiger partial charge in [-0.2, -0.15) is 0 Å². The van der Waals surface area contributed by atoms with Crippen molar-refractivity contribution in [2.75, 3.05) is 0 Å². The number of benzene rings is 1. The fraction of sp³-hybridized carbons (Fsp3) is 0.429. The van der Waals surface area contributed by atoms with E-state index in [1.54, 1.807) is 0 Å². The summed E-state index contributed by atoms with van der Waals surface area (Å²) < 4.78 is 2.99. The van der Waals surface area contributed by atoms with Crippen LogP contribution in [0.5, 0.6) is 0 Å². The van der Waals surface area contributed by atoms with Crippen LogP contribution in [-0.2, 0) is 18.6 Å². The number of hydrogen-bond acceptors (Lipinski definition) is 3. The standard InChI is InChI=1S/C14H19BrN4/c1-14(2,3)19-10-13(17-18-19)9-16-8-11-4-6-12(15)7-5-11/h4-7,10,16H,8-9H2,1-3H3. The Balaban J connectivity index is 1.86. The number of nitrogens with one attached hydrogen (secondary N) is 1. The number of nitrogens with zero attached hydrogens (tertiary/aromatic N) is 3. The minimum Gasteiger partial charge on any atom is -0.307 e. The van der Waals surface area contributed by atoms with Gasteiger partial charge in [0.25, 0.3) is 0 Å². The number of halogens is 1. The van der Waals surface area contributed by atoms with Crippen molar-refractivity contribution in [2.45, 2.75) is 39.4 Å². The van der Waals surface area contributed by atoms with Gasteiger partial charge in [0.1, 0.15) is 0 Å². The molecule has 0 atom stereocenters. The normalized spacial score (nSPS) is 11.8. The third-order valence-corrected chi connectivity index (χ3v) is 3.31. The first-order chi connectivity index (χ1) is 8.95. The van der Waals surface area contributed by atoms with Gasteiger partial charge in [0.05, 0.1) is 17.4 Å². The molecule has 0 saturated heterocycles. The SMILES string of the molecule is CC(C)(C)n1cc(CNCc2ccc(Br)cc2)nn1.